The van der Waals surface area contributed by atoms with Gasteiger partial charge in [-0.2, -0.15) is 0 Å². The number of benzene rings is 6. The maximum absolute atomic E-state index is 6.49. The van der Waals surface area contributed by atoms with Crippen molar-refractivity contribution in [3.05, 3.63) is 152 Å². The Hall–Kier alpha value is -6.13. The van der Waals surface area contributed by atoms with Gasteiger partial charge in [0.15, 0.2) is 0 Å². The van der Waals surface area contributed by atoms with Crippen molar-refractivity contribution >= 4 is 65.6 Å². The van der Waals surface area contributed by atoms with Crippen LogP contribution in [0.3, 0.4) is 0 Å². The van der Waals surface area contributed by atoms with Gasteiger partial charge in [0, 0.05) is 44.5 Å². The molecule has 10 aromatic rings. The van der Waals surface area contributed by atoms with E-state index in [0.29, 0.717) is 0 Å². The third kappa shape index (κ3) is 3.45. The van der Waals surface area contributed by atoms with Gasteiger partial charge in [0.05, 0.1) is 33.6 Å². The zero-order chi connectivity index (χ0) is 29.5. The van der Waals surface area contributed by atoms with E-state index in [1.807, 2.05) is 24.5 Å². The molecular formula is C41H25N3O. The van der Waals surface area contributed by atoms with Crippen LogP contribution >= 0.6 is 0 Å². The fraction of sp³-hybridized carbons (Fsp3) is 0. The van der Waals surface area contributed by atoms with Gasteiger partial charge in [0.25, 0.3) is 0 Å². The minimum atomic E-state index is 0.903. The van der Waals surface area contributed by atoms with Gasteiger partial charge in [-0.15, -0.1) is 0 Å². The largest absolute Gasteiger partial charge is 0.455 e. The first-order chi connectivity index (χ1) is 22.3. The maximum atomic E-state index is 6.49. The lowest BCUT2D eigenvalue weighted by molar-refractivity contribution is 0.673. The number of pyridine rings is 1. The van der Waals surface area contributed by atoms with E-state index in [2.05, 4.69) is 142 Å². The summed E-state index contributed by atoms with van der Waals surface area (Å²) >= 11 is 0. The third-order valence-electron chi connectivity index (χ3n) is 9.20. The number of hydrogen-bond donors (Lipinski definition) is 0. The molecule has 0 radical (unpaired) electrons. The Morgan fingerprint density at radius 3 is 1.78 bits per heavy atom. The predicted octanol–water partition coefficient (Wildman–Crippen LogP) is 10.8. The lowest BCUT2D eigenvalue weighted by Gasteiger charge is -2.12. The van der Waals surface area contributed by atoms with E-state index in [9.17, 15) is 0 Å². The monoisotopic (exact) mass is 575 g/mol. The second-order valence-corrected chi connectivity index (χ2v) is 11.6. The third-order valence-corrected chi connectivity index (χ3v) is 9.20. The lowest BCUT2D eigenvalue weighted by Crippen LogP contribution is -1.96. The van der Waals surface area contributed by atoms with Crippen molar-refractivity contribution in [2.45, 2.75) is 0 Å². The normalized spacial score (nSPS) is 12.0. The quantitative estimate of drug-likeness (QED) is 0.210. The number of aromatic nitrogens is 3. The molecule has 10 rings (SSSR count). The summed E-state index contributed by atoms with van der Waals surface area (Å²) in [4.78, 5) is 4.53. The Morgan fingerprint density at radius 1 is 0.444 bits per heavy atom. The standard InChI is InChI=1S/C41H25N3O/c1-4-16-35-30(13-1)31-14-2-5-17-36(31)43(35)28-11-7-9-26(23-28)27-10-8-12-29(24-27)44-37-20-19-33-32-15-3-6-18-39(32)45-41(33)40(37)34-21-22-42-25-38(34)44/h1-25H. The summed E-state index contributed by atoms with van der Waals surface area (Å²) in [7, 11) is 0. The van der Waals surface area contributed by atoms with Gasteiger partial charge in [-0.1, -0.05) is 78.9 Å². The fourth-order valence-electron chi connectivity index (χ4n) is 7.26. The number of fused-ring (bicyclic) bond motifs is 10. The molecule has 0 bridgehead atoms. The number of hydrogen-bond acceptors (Lipinski definition) is 2. The van der Waals surface area contributed by atoms with E-state index in [4.69, 9.17) is 4.42 Å². The zero-order valence-corrected chi connectivity index (χ0v) is 24.2. The molecule has 0 unspecified atom stereocenters. The molecule has 0 atom stereocenters. The van der Waals surface area contributed by atoms with Crippen molar-refractivity contribution in [2.24, 2.45) is 0 Å². The predicted molar refractivity (Wildman–Crippen MR) is 186 cm³/mol. The van der Waals surface area contributed by atoms with Crippen molar-refractivity contribution in [2.75, 3.05) is 0 Å². The summed E-state index contributed by atoms with van der Waals surface area (Å²) in [6, 6.07) is 49.7. The molecule has 0 amide bonds. The molecule has 45 heavy (non-hydrogen) atoms. The first kappa shape index (κ1) is 24.3. The van der Waals surface area contributed by atoms with Crippen LogP contribution < -0.4 is 0 Å². The number of furan rings is 1. The second-order valence-electron chi connectivity index (χ2n) is 11.6. The highest BCUT2D eigenvalue weighted by molar-refractivity contribution is 6.23. The van der Waals surface area contributed by atoms with Gasteiger partial charge in [0.1, 0.15) is 11.2 Å². The highest BCUT2D eigenvalue weighted by Crippen LogP contribution is 2.41. The van der Waals surface area contributed by atoms with E-state index < -0.39 is 0 Å². The lowest BCUT2D eigenvalue weighted by atomic mass is 10.0. The van der Waals surface area contributed by atoms with Crippen molar-refractivity contribution in [1.29, 1.82) is 0 Å². The van der Waals surface area contributed by atoms with E-state index in [1.54, 1.807) is 0 Å². The molecule has 4 heteroatoms. The average Bonchev–Trinajstić information content (AvgIpc) is 3.76. The van der Waals surface area contributed by atoms with Crippen LogP contribution in [0, 0.1) is 0 Å². The molecule has 4 heterocycles. The molecule has 0 saturated heterocycles. The summed E-state index contributed by atoms with van der Waals surface area (Å²) < 4.78 is 11.2. The Balaban J connectivity index is 1.18. The molecule has 4 nitrogen and oxygen atoms in total. The van der Waals surface area contributed by atoms with Crippen LogP contribution in [-0.4, -0.2) is 14.1 Å². The maximum Gasteiger partial charge on any atom is 0.145 e. The summed E-state index contributed by atoms with van der Waals surface area (Å²) in [6.45, 7) is 0. The highest BCUT2D eigenvalue weighted by Gasteiger charge is 2.19. The molecule has 0 spiro atoms. The van der Waals surface area contributed by atoms with Gasteiger partial charge >= 0.3 is 0 Å². The molecule has 0 aliphatic carbocycles. The average molecular weight is 576 g/mol. The Labute approximate surface area is 258 Å². The molecule has 0 fully saturated rings. The van der Waals surface area contributed by atoms with Crippen LogP contribution in [0.25, 0.3) is 88.1 Å². The molecule has 0 aliphatic rings. The van der Waals surface area contributed by atoms with E-state index in [1.165, 1.54) is 21.8 Å². The summed E-state index contributed by atoms with van der Waals surface area (Å²) in [5, 5.41) is 7.03. The van der Waals surface area contributed by atoms with Gasteiger partial charge in [0.2, 0.25) is 0 Å². The molecule has 0 saturated carbocycles. The Bertz CT molecular complexity index is 2720. The van der Waals surface area contributed by atoms with Crippen molar-refractivity contribution in [3.8, 4) is 22.5 Å². The van der Waals surface area contributed by atoms with Crippen molar-refractivity contribution < 1.29 is 4.42 Å². The number of nitrogens with zero attached hydrogens (tertiary/aromatic N) is 3. The first-order valence-corrected chi connectivity index (χ1v) is 15.2. The molecular weight excluding hydrogens is 550 g/mol. The van der Waals surface area contributed by atoms with E-state index in [-0.39, 0.29) is 0 Å². The van der Waals surface area contributed by atoms with Gasteiger partial charge < -0.3 is 13.6 Å². The number of rotatable bonds is 3. The topological polar surface area (TPSA) is 35.9 Å². The molecule has 6 aromatic carbocycles. The minimum absolute atomic E-state index is 0.903. The molecule has 210 valence electrons. The van der Waals surface area contributed by atoms with Crippen LogP contribution in [-0.2, 0) is 0 Å². The van der Waals surface area contributed by atoms with E-state index >= 15 is 0 Å². The molecule has 4 aromatic heterocycles. The molecule has 0 aliphatic heterocycles. The zero-order valence-electron chi connectivity index (χ0n) is 24.2. The van der Waals surface area contributed by atoms with Gasteiger partial charge in [-0.25, -0.2) is 0 Å². The van der Waals surface area contributed by atoms with Crippen LogP contribution in [0.4, 0.5) is 0 Å². The van der Waals surface area contributed by atoms with E-state index in [0.717, 1.165) is 66.2 Å². The molecule has 0 N–H and O–H groups in total. The first-order valence-electron chi connectivity index (χ1n) is 15.2. The summed E-state index contributed by atoms with van der Waals surface area (Å²) in [6.07, 6.45) is 3.82. The fourth-order valence-corrected chi connectivity index (χ4v) is 7.26. The van der Waals surface area contributed by atoms with Crippen LogP contribution in [0.5, 0.6) is 0 Å². The Kier molecular flexibility index (Phi) is 4.96. The van der Waals surface area contributed by atoms with Crippen molar-refractivity contribution in [1.82, 2.24) is 14.1 Å². The van der Waals surface area contributed by atoms with Crippen LogP contribution in [0.1, 0.15) is 0 Å². The highest BCUT2D eigenvalue weighted by atomic mass is 16.3. The second kappa shape index (κ2) is 9.18. The summed E-state index contributed by atoms with van der Waals surface area (Å²) in [5.74, 6) is 0. The number of para-hydroxylation sites is 3. The summed E-state index contributed by atoms with van der Waals surface area (Å²) in [5.41, 5.74) is 10.9. The van der Waals surface area contributed by atoms with Gasteiger partial charge in [-0.3, -0.25) is 4.98 Å². The minimum Gasteiger partial charge on any atom is -0.455 e. The van der Waals surface area contributed by atoms with Crippen LogP contribution in [0.2, 0.25) is 0 Å². The van der Waals surface area contributed by atoms with Crippen molar-refractivity contribution in [3.63, 3.8) is 0 Å². The Morgan fingerprint density at radius 2 is 1.07 bits per heavy atom. The van der Waals surface area contributed by atoms with Crippen LogP contribution in [0.15, 0.2) is 156 Å². The smallest absolute Gasteiger partial charge is 0.145 e. The SMILES string of the molecule is c1cc(-c2cccc(-n3c4cnccc4c4c5oc6ccccc6c5ccc43)c2)cc(-n2c3ccccc3c3ccccc32)c1. The van der Waals surface area contributed by atoms with Gasteiger partial charge in [-0.05, 0) is 71.8 Å².